The number of piperidine rings is 1. The van der Waals surface area contributed by atoms with E-state index in [1.807, 2.05) is 11.9 Å². The minimum Gasteiger partial charge on any atom is -0.339 e. The van der Waals surface area contributed by atoms with Crippen molar-refractivity contribution in [3.05, 3.63) is 29.8 Å². The first-order valence-electron chi connectivity index (χ1n) is 8.73. The number of benzene rings is 1. The van der Waals surface area contributed by atoms with E-state index in [0.29, 0.717) is 17.8 Å². The maximum Gasteiger partial charge on any atom is 0.319 e. The first-order chi connectivity index (χ1) is 11.6. The van der Waals surface area contributed by atoms with Gasteiger partial charge in [0.15, 0.2) is 0 Å². The van der Waals surface area contributed by atoms with Crippen LogP contribution in [0.25, 0.3) is 0 Å². The highest BCUT2D eigenvalue weighted by molar-refractivity contribution is 5.97. The summed E-state index contributed by atoms with van der Waals surface area (Å²) in [6.07, 6.45) is 3.33. The zero-order valence-electron chi connectivity index (χ0n) is 14.7. The predicted octanol–water partition coefficient (Wildman–Crippen LogP) is 2.39. The maximum atomic E-state index is 12.5. The standard InChI is InChI=1S/C18H28N4O2/c1-3-21(2)13-10-19-18(24)20-16-9-7-8-15(14-16)17(23)22-11-5-4-6-12-22/h7-9,14H,3-6,10-13H2,1-2H3,(H2,19,20,24). The van der Waals surface area contributed by atoms with Crippen LogP contribution in [0, 0.1) is 0 Å². The van der Waals surface area contributed by atoms with Crippen LogP contribution in [0.3, 0.4) is 0 Å². The summed E-state index contributed by atoms with van der Waals surface area (Å²) in [7, 11) is 2.01. The average Bonchev–Trinajstić information content (AvgIpc) is 2.61. The molecule has 0 saturated carbocycles. The number of nitrogens with zero attached hydrogens (tertiary/aromatic N) is 2. The van der Waals surface area contributed by atoms with E-state index in [4.69, 9.17) is 0 Å². The highest BCUT2D eigenvalue weighted by Gasteiger charge is 2.18. The van der Waals surface area contributed by atoms with E-state index in [2.05, 4.69) is 22.5 Å². The second kappa shape index (κ2) is 9.27. The quantitative estimate of drug-likeness (QED) is 0.841. The highest BCUT2D eigenvalue weighted by Crippen LogP contribution is 2.16. The number of urea groups is 1. The van der Waals surface area contributed by atoms with Crippen molar-refractivity contribution >= 4 is 17.6 Å². The van der Waals surface area contributed by atoms with Crippen LogP contribution >= 0.6 is 0 Å². The van der Waals surface area contributed by atoms with Gasteiger partial charge in [0.2, 0.25) is 0 Å². The van der Waals surface area contributed by atoms with Gasteiger partial charge >= 0.3 is 6.03 Å². The Labute approximate surface area is 144 Å². The molecule has 2 N–H and O–H groups in total. The number of carbonyl (C=O) groups is 2. The van der Waals surface area contributed by atoms with Crippen LogP contribution in [0.1, 0.15) is 36.5 Å². The Bertz CT molecular complexity index is 556. The Morgan fingerprint density at radius 2 is 1.96 bits per heavy atom. The molecular formula is C18H28N4O2. The van der Waals surface area contributed by atoms with Crippen molar-refractivity contribution < 1.29 is 9.59 Å². The summed E-state index contributed by atoms with van der Waals surface area (Å²) >= 11 is 0. The SMILES string of the molecule is CCN(C)CCNC(=O)Nc1cccc(C(=O)N2CCCCC2)c1. The van der Waals surface area contributed by atoms with E-state index in [1.54, 1.807) is 24.3 Å². The lowest BCUT2D eigenvalue weighted by Gasteiger charge is -2.26. The Hall–Kier alpha value is -2.08. The lowest BCUT2D eigenvalue weighted by molar-refractivity contribution is 0.0724. The summed E-state index contributed by atoms with van der Waals surface area (Å²) in [6, 6.07) is 6.90. The summed E-state index contributed by atoms with van der Waals surface area (Å²) in [5.41, 5.74) is 1.26. The summed E-state index contributed by atoms with van der Waals surface area (Å²) in [6.45, 7) is 6.05. The number of amides is 3. The number of carbonyl (C=O) groups excluding carboxylic acids is 2. The summed E-state index contributed by atoms with van der Waals surface area (Å²) in [4.78, 5) is 28.5. The normalized spacial score (nSPS) is 14.5. The molecule has 0 radical (unpaired) electrons. The molecule has 1 heterocycles. The third-order valence-electron chi connectivity index (χ3n) is 4.33. The van der Waals surface area contributed by atoms with Crippen LogP contribution in [0.2, 0.25) is 0 Å². The lowest BCUT2D eigenvalue weighted by Crippen LogP contribution is -2.36. The average molecular weight is 332 g/mol. The van der Waals surface area contributed by atoms with Crippen LogP contribution < -0.4 is 10.6 Å². The topological polar surface area (TPSA) is 64.7 Å². The van der Waals surface area contributed by atoms with Crippen LogP contribution in [-0.2, 0) is 0 Å². The Morgan fingerprint density at radius 1 is 1.21 bits per heavy atom. The van der Waals surface area contributed by atoms with Gasteiger partial charge in [-0.3, -0.25) is 4.79 Å². The van der Waals surface area contributed by atoms with E-state index in [0.717, 1.165) is 39.0 Å². The monoisotopic (exact) mass is 332 g/mol. The van der Waals surface area contributed by atoms with Gasteiger partial charge in [0.1, 0.15) is 0 Å². The number of anilines is 1. The van der Waals surface area contributed by atoms with Crippen LogP contribution in [-0.4, -0.2) is 61.5 Å². The summed E-state index contributed by atoms with van der Waals surface area (Å²) in [5.74, 6) is 0.0447. The van der Waals surface area contributed by atoms with Gasteiger partial charge < -0.3 is 20.4 Å². The molecular weight excluding hydrogens is 304 g/mol. The Balaban J connectivity index is 1.87. The molecule has 1 aromatic carbocycles. The summed E-state index contributed by atoms with van der Waals surface area (Å²) < 4.78 is 0. The molecule has 2 rings (SSSR count). The van der Waals surface area contributed by atoms with Gasteiger partial charge in [0.05, 0.1) is 0 Å². The van der Waals surface area contributed by atoms with Crippen molar-refractivity contribution in [1.82, 2.24) is 15.1 Å². The number of rotatable bonds is 6. The largest absolute Gasteiger partial charge is 0.339 e. The van der Waals surface area contributed by atoms with E-state index in [-0.39, 0.29) is 11.9 Å². The molecule has 0 aromatic heterocycles. The number of likely N-dealkylation sites (N-methyl/N-ethyl adjacent to an activating group) is 1. The van der Waals surface area contributed by atoms with Crippen LogP contribution in [0.4, 0.5) is 10.5 Å². The fraction of sp³-hybridized carbons (Fsp3) is 0.556. The minimum absolute atomic E-state index is 0.0447. The molecule has 0 atom stereocenters. The smallest absolute Gasteiger partial charge is 0.319 e. The van der Waals surface area contributed by atoms with Gasteiger partial charge in [-0.25, -0.2) is 4.79 Å². The molecule has 132 valence electrons. The molecule has 6 heteroatoms. The van der Waals surface area contributed by atoms with Gasteiger partial charge in [0.25, 0.3) is 5.91 Å². The Morgan fingerprint density at radius 3 is 2.67 bits per heavy atom. The van der Waals surface area contributed by atoms with Gasteiger partial charge in [-0.05, 0) is 51.1 Å². The summed E-state index contributed by atoms with van der Waals surface area (Å²) in [5, 5.41) is 5.61. The zero-order valence-corrected chi connectivity index (χ0v) is 14.7. The molecule has 1 aliphatic rings. The second-order valence-electron chi connectivity index (χ2n) is 6.21. The maximum absolute atomic E-state index is 12.5. The fourth-order valence-electron chi connectivity index (χ4n) is 2.70. The first-order valence-corrected chi connectivity index (χ1v) is 8.73. The number of likely N-dealkylation sites (tertiary alicyclic amines) is 1. The fourth-order valence-corrected chi connectivity index (χ4v) is 2.70. The van der Waals surface area contributed by atoms with Crippen molar-refractivity contribution in [2.24, 2.45) is 0 Å². The molecule has 1 saturated heterocycles. The molecule has 3 amide bonds. The molecule has 0 bridgehead atoms. The van der Waals surface area contributed by atoms with Crippen molar-refractivity contribution in [2.75, 3.05) is 45.1 Å². The van der Waals surface area contributed by atoms with Crippen LogP contribution in [0.5, 0.6) is 0 Å². The minimum atomic E-state index is -0.248. The van der Waals surface area contributed by atoms with E-state index in [1.165, 1.54) is 6.42 Å². The molecule has 1 aromatic rings. The van der Waals surface area contributed by atoms with Crippen molar-refractivity contribution in [1.29, 1.82) is 0 Å². The molecule has 1 fully saturated rings. The molecule has 24 heavy (non-hydrogen) atoms. The van der Waals surface area contributed by atoms with E-state index in [9.17, 15) is 9.59 Å². The molecule has 0 unspecified atom stereocenters. The number of hydrogen-bond donors (Lipinski definition) is 2. The van der Waals surface area contributed by atoms with Gasteiger partial charge in [-0.15, -0.1) is 0 Å². The zero-order chi connectivity index (χ0) is 17.4. The van der Waals surface area contributed by atoms with Gasteiger partial charge in [0, 0.05) is 37.4 Å². The molecule has 1 aliphatic heterocycles. The highest BCUT2D eigenvalue weighted by atomic mass is 16.2. The third-order valence-corrected chi connectivity index (χ3v) is 4.33. The lowest BCUT2D eigenvalue weighted by atomic mass is 10.1. The molecule has 0 spiro atoms. The molecule has 6 nitrogen and oxygen atoms in total. The number of hydrogen-bond acceptors (Lipinski definition) is 3. The second-order valence-corrected chi connectivity index (χ2v) is 6.21. The predicted molar refractivity (Wildman–Crippen MR) is 96.4 cm³/mol. The van der Waals surface area contributed by atoms with Gasteiger partial charge in [-0.2, -0.15) is 0 Å². The van der Waals surface area contributed by atoms with Crippen LogP contribution in [0.15, 0.2) is 24.3 Å². The van der Waals surface area contributed by atoms with Gasteiger partial charge in [-0.1, -0.05) is 13.0 Å². The first kappa shape index (κ1) is 18.3. The van der Waals surface area contributed by atoms with Crippen molar-refractivity contribution in [2.45, 2.75) is 26.2 Å². The van der Waals surface area contributed by atoms with Crippen molar-refractivity contribution in [3.63, 3.8) is 0 Å². The van der Waals surface area contributed by atoms with E-state index >= 15 is 0 Å². The third kappa shape index (κ3) is 5.53. The number of nitrogens with one attached hydrogen (secondary N) is 2. The van der Waals surface area contributed by atoms with Crippen molar-refractivity contribution in [3.8, 4) is 0 Å². The molecule has 0 aliphatic carbocycles. The Kier molecular flexibility index (Phi) is 7.06. The van der Waals surface area contributed by atoms with E-state index < -0.39 is 0 Å².